The molecule has 0 saturated heterocycles. The molecule has 3 rings (SSSR count). The number of benzene rings is 2. The molecule has 0 aliphatic carbocycles. The number of likely N-dealkylation sites (N-methyl/N-ethyl adjacent to an activating group) is 1. The number of carbonyl (C=O) groups is 1. The molecule has 1 heterocycles. The van der Waals surface area contributed by atoms with Crippen LogP contribution in [-0.2, 0) is 9.84 Å². The van der Waals surface area contributed by atoms with Crippen LogP contribution in [0.3, 0.4) is 0 Å². The van der Waals surface area contributed by atoms with Gasteiger partial charge < -0.3 is 4.90 Å². The van der Waals surface area contributed by atoms with Crippen LogP contribution in [0.2, 0.25) is 5.02 Å². The second-order valence-corrected chi connectivity index (χ2v) is 10.1. The van der Waals surface area contributed by atoms with Gasteiger partial charge in [-0.1, -0.05) is 22.9 Å². The molecular formula is C19H21Cl2N3O3S2. The molecule has 0 atom stereocenters. The number of halogens is 2. The third kappa shape index (κ3) is 5.67. The van der Waals surface area contributed by atoms with Crippen molar-refractivity contribution >= 4 is 66.4 Å². The van der Waals surface area contributed by atoms with Crippen molar-refractivity contribution in [1.82, 2.24) is 9.88 Å². The van der Waals surface area contributed by atoms with Crippen LogP contribution in [0, 0.1) is 0 Å². The smallest absolute Gasteiger partial charge is 0.260 e. The Kier molecular flexibility index (Phi) is 7.64. The number of carbonyl (C=O) groups excluding carboxylic acids is 1. The lowest BCUT2D eigenvalue weighted by atomic mass is 10.2. The van der Waals surface area contributed by atoms with Crippen LogP contribution in [0.15, 0.2) is 47.4 Å². The van der Waals surface area contributed by atoms with E-state index in [1.807, 2.05) is 19.0 Å². The second kappa shape index (κ2) is 9.40. The van der Waals surface area contributed by atoms with Crippen LogP contribution in [0.1, 0.15) is 10.4 Å². The normalized spacial score (nSPS) is 11.5. The molecule has 2 aromatic carbocycles. The van der Waals surface area contributed by atoms with Crippen molar-refractivity contribution in [2.75, 3.05) is 38.3 Å². The fraction of sp³-hybridized carbons (Fsp3) is 0.263. The lowest BCUT2D eigenvalue weighted by Gasteiger charge is -2.22. The van der Waals surface area contributed by atoms with Gasteiger partial charge in [0.1, 0.15) is 0 Å². The number of thiazole rings is 1. The highest BCUT2D eigenvalue weighted by Gasteiger charge is 2.22. The van der Waals surface area contributed by atoms with E-state index < -0.39 is 9.84 Å². The molecule has 0 radical (unpaired) electrons. The van der Waals surface area contributed by atoms with Gasteiger partial charge in [0.2, 0.25) is 0 Å². The van der Waals surface area contributed by atoms with E-state index >= 15 is 0 Å². The standard InChI is InChI=1S/C19H20ClN3O3S2.ClH/c1-22(2)10-11-23(18(24)13-4-6-14(20)7-5-13)19-21-16-9-8-15(28(3,25)26)12-17(16)27-19;/h4-9,12H,10-11H2,1-3H3;1H. The van der Waals surface area contributed by atoms with Gasteiger partial charge in [0.05, 0.1) is 15.1 Å². The number of amides is 1. The molecule has 3 aromatic rings. The summed E-state index contributed by atoms with van der Waals surface area (Å²) in [4.78, 5) is 21.5. The van der Waals surface area contributed by atoms with Crippen LogP contribution < -0.4 is 4.90 Å². The van der Waals surface area contributed by atoms with Gasteiger partial charge in [0.25, 0.3) is 5.91 Å². The first-order valence-corrected chi connectivity index (χ1v) is 11.6. The maximum atomic E-state index is 13.1. The Balaban J connectivity index is 0.00000300. The van der Waals surface area contributed by atoms with Crippen LogP contribution >= 0.6 is 35.3 Å². The van der Waals surface area contributed by atoms with E-state index in [2.05, 4.69) is 4.98 Å². The van der Waals surface area contributed by atoms with E-state index in [0.29, 0.717) is 34.3 Å². The summed E-state index contributed by atoms with van der Waals surface area (Å²) in [6.45, 7) is 1.11. The molecule has 6 nitrogen and oxygen atoms in total. The predicted molar refractivity (Wildman–Crippen MR) is 122 cm³/mol. The van der Waals surface area contributed by atoms with Gasteiger partial charge in [0, 0.05) is 29.9 Å². The Bertz CT molecular complexity index is 1110. The van der Waals surface area contributed by atoms with Crippen molar-refractivity contribution in [2.45, 2.75) is 4.90 Å². The Hall–Kier alpha value is -1.71. The van der Waals surface area contributed by atoms with Crippen LogP contribution in [0.5, 0.6) is 0 Å². The monoisotopic (exact) mass is 473 g/mol. The fourth-order valence-corrected chi connectivity index (χ4v) is 4.45. The number of sulfone groups is 1. The van der Waals surface area contributed by atoms with E-state index in [0.717, 1.165) is 4.70 Å². The second-order valence-electron chi connectivity index (χ2n) is 6.67. The Morgan fingerprint density at radius 2 is 1.76 bits per heavy atom. The van der Waals surface area contributed by atoms with Gasteiger partial charge >= 0.3 is 0 Å². The number of nitrogens with zero attached hydrogens (tertiary/aromatic N) is 3. The Morgan fingerprint density at radius 1 is 1.10 bits per heavy atom. The number of hydrogen-bond acceptors (Lipinski definition) is 6. The maximum Gasteiger partial charge on any atom is 0.260 e. The van der Waals surface area contributed by atoms with Gasteiger partial charge in [-0.2, -0.15) is 0 Å². The largest absolute Gasteiger partial charge is 0.308 e. The van der Waals surface area contributed by atoms with Gasteiger partial charge in [-0.3, -0.25) is 9.69 Å². The average Bonchev–Trinajstić information content (AvgIpc) is 3.04. The van der Waals surface area contributed by atoms with E-state index in [9.17, 15) is 13.2 Å². The van der Waals surface area contributed by atoms with Crippen molar-refractivity contribution in [3.63, 3.8) is 0 Å². The van der Waals surface area contributed by atoms with Gasteiger partial charge in [-0.05, 0) is 56.6 Å². The van der Waals surface area contributed by atoms with Crippen LogP contribution in [0.4, 0.5) is 5.13 Å². The van der Waals surface area contributed by atoms with Gasteiger partial charge in [-0.25, -0.2) is 13.4 Å². The zero-order chi connectivity index (χ0) is 20.5. The molecule has 0 unspecified atom stereocenters. The molecule has 0 bridgehead atoms. The van der Waals surface area contributed by atoms with Crippen LogP contribution in [0.25, 0.3) is 10.2 Å². The van der Waals surface area contributed by atoms with E-state index in [-0.39, 0.29) is 23.2 Å². The molecule has 0 spiro atoms. The summed E-state index contributed by atoms with van der Waals surface area (Å²) < 4.78 is 24.4. The number of aromatic nitrogens is 1. The minimum absolute atomic E-state index is 0. The number of rotatable bonds is 6. The number of anilines is 1. The molecular weight excluding hydrogens is 453 g/mol. The molecule has 1 aromatic heterocycles. The molecule has 0 aliphatic rings. The fourth-order valence-electron chi connectivity index (χ4n) is 2.57. The Labute approximate surface area is 185 Å². The minimum atomic E-state index is -3.31. The summed E-state index contributed by atoms with van der Waals surface area (Å²) in [6, 6.07) is 11.5. The summed E-state index contributed by atoms with van der Waals surface area (Å²) in [5.74, 6) is -0.180. The number of fused-ring (bicyclic) bond motifs is 1. The molecule has 0 fully saturated rings. The first-order chi connectivity index (χ1) is 13.1. The highest BCUT2D eigenvalue weighted by molar-refractivity contribution is 7.90. The van der Waals surface area contributed by atoms with Crippen molar-refractivity contribution in [1.29, 1.82) is 0 Å². The third-order valence-electron chi connectivity index (χ3n) is 4.11. The predicted octanol–water partition coefficient (Wildman–Crippen LogP) is 3.98. The molecule has 1 amide bonds. The van der Waals surface area contributed by atoms with Crippen molar-refractivity contribution in [2.24, 2.45) is 0 Å². The quantitative estimate of drug-likeness (QED) is 0.541. The molecule has 29 heavy (non-hydrogen) atoms. The van der Waals surface area contributed by atoms with Crippen molar-refractivity contribution < 1.29 is 13.2 Å². The molecule has 0 N–H and O–H groups in total. The summed E-state index contributed by atoms with van der Waals surface area (Å²) in [7, 11) is 0.553. The molecule has 0 aliphatic heterocycles. The summed E-state index contributed by atoms with van der Waals surface area (Å²) in [6.07, 6.45) is 1.17. The first kappa shape index (κ1) is 23.6. The molecule has 10 heteroatoms. The third-order valence-corrected chi connectivity index (χ3v) is 6.52. The Morgan fingerprint density at radius 3 is 2.34 bits per heavy atom. The summed E-state index contributed by atoms with van der Waals surface area (Å²) >= 11 is 7.23. The van der Waals surface area contributed by atoms with E-state index in [4.69, 9.17) is 11.6 Å². The topological polar surface area (TPSA) is 70.6 Å². The highest BCUT2D eigenvalue weighted by atomic mass is 35.5. The van der Waals surface area contributed by atoms with Crippen LogP contribution in [-0.4, -0.2) is 57.6 Å². The van der Waals surface area contributed by atoms with E-state index in [1.165, 1.54) is 23.7 Å². The highest BCUT2D eigenvalue weighted by Crippen LogP contribution is 2.31. The number of hydrogen-bond donors (Lipinski definition) is 0. The summed E-state index contributed by atoms with van der Waals surface area (Å²) in [5.41, 5.74) is 1.17. The van der Waals surface area contributed by atoms with E-state index in [1.54, 1.807) is 41.3 Å². The minimum Gasteiger partial charge on any atom is -0.308 e. The maximum absolute atomic E-state index is 13.1. The van der Waals surface area contributed by atoms with Crippen molar-refractivity contribution in [3.05, 3.63) is 53.1 Å². The zero-order valence-corrected chi connectivity index (χ0v) is 19.3. The lowest BCUT2D eigenvalue weighted by Crippen LogP contribution is -2.36. The van der Waals surface area contributed by atoms with Gasteiger partial charge in [-0.15, -0.1) is 12.4 Å². The SMILES string of the molecule is CN(C)CCN(C(=O)c1ccc(Cl)cc1)c1nc2ccc(S(C)(=O)=O)cc2s1.Cl. The van der Waals surface area contributed by atoms with Crippen molar-refractivity contribution in [3.8, 4) is 0 Å². The zero-order valence-electron chi connectivity index (χ0n) is 16.1. The molecule has 0 saturated carbocycles. The lowest BCUT2D eigenvalue weighted by molar-refractivity contribution is 0.0985. The molecule has 156 valence electrons. The summed E-state index contributed by atoms with van der Waals surface area (Å²) in [5, 5.41) is 1.09. The first-order valence-electron chi connectivity index (χ1n) is 8.48. The van der Waals surface area contributed by atoms with Gasteiger partial charge in [0.15, 0.2) is 15.0 Å². The average molecular weight is 474 g/mol.